The first-order chi connectivity index (χ1) is 19.5. The summed E-state index contributed by atoms with van der Waals surface area (Å²) in [6.45, 7) is 7.38. The fourth-order valence-corrected chi connectivity index (χ4v) is 6.54. The van der Waals surface area contributed by atoms with Crippen LogP contribution >= 0.6 is 0 Å². The quantitative estimate of drug-likeness (QED) is 0.364. The van der Waals surface area contributed by atoms with E-state index in [1.807, 2.05) is 6.07 Å². The SMILES string of the molecule is COC(=O)c1nc(N[C@H](C)C2CCC2)c2c(n1)nc(N1CCOC[C@H]1c1ccccc1)n2CC1CCC(C)CC1. The van der Waals surface area contributed by atoms with Crippen LogP contribution in [-0.4, -0.2) is 58.4 Å². The van der Waals surface area contributed by atoms with E-state index >= 15 is 0 Å². The van der Waals surface area contributed by atoms with Crippen LogP contribution in [0.25, 0.3) is 11.2 Å². The minimum absolute atomic E-state index is 0.0373. The predicted molar refractivity (Wildman–Crippen MR) is 156 cm³/mol. The summed E-state index contributed by atoms with van der Waals surface area (Å²) in [5.41, 5.74) is 2.62. The highest BCUT2D eigenvalue weighted by Gasteiger charge is 2.33. The summed E-state index contributed by atoms with van der Waals surface area (Å²) in [6.07, 6.45) is 8.60. The Kier molecular flexibility index (Phi) is 7.91. The van der Waals surface area contributed by atoms with Gasteiger partial charge >= 0.3 is 5.97 Å². The van der Waals surface area contributed by atoms with Gasteiger partial charge in [0, 0.05) is 19.1 Å². The molecule has 2 aliphatic carbocycles. The number of imidazole rings is 1. The van der Waals surface area contributed by atoms with Gasteiger partial charge in [-0.05, 0) is 55.9 Å². The molecule has 3 aromatic rings. The topological polar surface area (TPSA) is 94.4 Å². The largest absolute Gasteiger partial charge is 0.463 e. The first kappa shape index (κ1) is 27.0. The molecule has 0 spiro atoms. The lowest BCUT2D eigenvalue weighted by atomic mass is 9.80. The summed E-state index contributed by atoms with van der Waals surface area (Å²) >= 11 is 0. The van der Waals surface area contributed by atoms with Crippen molar-refractivity contribution < 1.29 is 14.3 Å². The summed E-state index contributed by atoms with van der Waals surface area (Å²) in [6, 6.07) is 10.8. The van der Waals surface area contributed by atoms with Crippen molar-refractivity contribution in [1.29, 1.82) is 0 Å². The van der Waals surface area contributed by atoms with Gasteiger partial charge in [-0.15, -0.1) is 0 Å². The average Bonchev–Trinajstić information content (AvgIpc) is 3.31. The van der Waals surface area contributed by atoms with Crippen molar-refractivity contribution in [3.05, 3.63) is 41.7 Å². The van der Waals surface area contributed by atoms with Crippen molar-refractivity contribution in [3.8, 4) is 0 Å². The summed E-state index contributed by atoms with van der Waals surface area (Å²) < 4.78 is 13.3. The molecule has 1 aromatic carbocycles. The van der Waals surface area contributed by atoms with Gasteiger partial charge in [0.1, 0.15) is 5.52 Å². The smallest absolute Gasteiger partial charge is 0.376 e. The number of morpholine rings is 1. The standard InChI is InChI=1S/C31H42N6O3/c1-20-12-14-22(15-13-20)18-37-26-27(32-21(2)23-10-7-11-23)33-29(30(38)39-3)34-28(26)35-31(37)36-16-17-40-19-25(36)24-8-5-4-6-9-24/h4-6,8-9,20-23,25H,7,10-19H2,1-3H3,(H,32,33,34)/t20?,21-,22?,25+/m1/s1. The summed E-state index contributed by atoms with van der Waals surface area (Å²) in [5.74, 6) is 2.99. The number of nitrogens with zero attached hydrogens (tertiary/aromatic N) is 5. The molecule has 214 valence electrons. The zero-order valence-corrected chi connectivity index (χ0v) is 24.0. The maximum absolute atomic E-state index is 12.6. The third kappa shape index (κ3) is 5.40. The Morgan fingerprint density at radius 2 is 1.88 bits per heavy atom. The van der Waals surface area contributed by atoms with Crippen LogP contribution in [0.4, 0.5) is 11.8 Å². The van der Waals surface area contributed by atoms with E-state index in [2.05, 4.69) is 57.9 Å². The van der Waals surface area contributed by atoms with Gasteiger partial charge in [-0.2, -0.15) is 4.98 Å². The van der Waals surface area contributed by atoms with Crippen LogP contribution in [0.5, 0.6) is 0 Å². The second-order valence-corrected chi connectivity index (χ2v) is 12.0. The van der Waals surface area contributed by atoms with E-state index in [1.54, 1.807) is 0 Å². The van der Waals surface area contributed by atoms with Gasteiger partial charge < -0.3 is 24.3 Å². The molecule has 0 amide bonds. The van der Waals surface area contributed by atoms with Gasteiger partial charge in [0.15, 0.2) is 11.5 Å². The first-order valence-corrected chi connectivity index (χ1v) is 15.0. The number of carbonyl (C=O) groups excluding carboxylic acids is 1. The minimum Gasteiger partial charge on any atom is -0.463 e. The molecule has 0 radical (unpaired) electrons. The third-order valence-electron chi connectivity index (χ3n) is 9.32. The van der Waals surface area contributed by atoms with Gasteiger partial charge in [0.05, 0.1) is 26.4 Å². The number of esters is 1. The number of aromatic nitrogens is 4. The fraction of sp³-hybridized carbons (Fsp3) is 0.613. The number of anilines is 2. The fourth-order valence-electron chi connectivity index (χ4n) is 6.54. The number of rotatable bonds is 8. The molecule has 3 heterocycles. The van der Waals surface area contributed by atoms with Crippen LogP contribution in [0.15, 0.2) is 30.3 Å². The van der Waals surface area contributed by atoms with Crippen molar-refractivity contribution in [2.24, 2.45) is 17.8 Å². The lowest BCUT2D eigenvalue weighted by molar-refractivity contribution is 0.0587. The minimum atomic E-state index is -0.549. The monoisotopic (exact) mass is 546 g/mol. The molecule has 9 nitrogen and oxygen atoms in total. The summed E-state index contributed by atoms with van der Waals surface area (Å²) in [4.78, 5) is 29.6. The molecular weight excluding hydrogens is 504 g/mol. The van der Waals surface area contributed by atoms with Gasteiger partial charge in [0.25, 0.3) is 0 Å². The number of benzene rings is 1. The van der Waals surface area contributed by atoms with Crippen molar-refractivity contribution >= 4 is 28.9 Å². The summed E-state index contributed by atoms with van der Waals surface area (Å²) in [7, 11) is 1.37. The highest BCUT2D eigenvalue weighted by molar-refractivity contribution is 5.92. The van der Waals surface area contributed by atoms with E-state index in [4.69, 9.17) is 19.4 Å². The first-order valence-electron chi connectivity index (χ1n) is 15.0. The normalized spacial score (nSPS) is 24.5. The molecule has 3 fully saturated rings. The molecule has 1 N–H and O–H groups in total. The van der Waals surface area contributed by atoms with E-state index in [0.29, 0.717) is 36.5 Å². The van der Waals surface area contributed by atoms with E-state index in [-0.39, 0.29) is 17.9 Å². The van der Waals surface area contributed by atoms with Gasteiger partial charge in [-0.25, -0.2) is 14.8 Å². The second kappa shape index (κ2) is 11.7. The number of methoxy groups -OCH3 is 1. The number of ether oxygens (including phenoxy) is 2. The molecule has 1 aliphatic heterocycles. The van der Waals surface area contributed by atoms with Crippen molar-refractivity contribution in [2.75, 3.05) is 37.1 Å². The second-order valence-electron chi connectivity index (χ2n) is 12.0. The molecule has 40 heavy (non-hydrogen) atoms. The zero-order valence-electron chi connectivity index (χ0n) is 24.0. The van der Waals surface area contributed by atoms with Crippen molar-refractivity contribution in [3.63, 3.8) is 0 Å². The number of nitrogens with one attached hydrogen (secondary N) is 1. The molecule has 9 heteroatoms. The van der Waals surface area contributed by atoms with Gasteiger partial charge in [-0.3, -0.25) is 0 Å². The molecule has 0 unspecified atom stereocenters. The molecular formula is C31H42N6O3. The molecule has 1 saturated heterocycles. The Labute approximate surface area is 236 Å². The van der Waals surface area contributed by atoms with Crippen LogP contribution in [-0.2, 0) is 16.0 Å². The van der Waals surface area contributed by atoms with E-state index in [0.717, 1.165) is 30.5 Å². The Morgan fingerprint density at radius 1 is 1.10 bits per heavy atom. The molecule has 2 saturated carbocycles. The highest BCUT2D eigenvalue weighted by atomic mass is 16.5. The zero-order chi connectivity index (χ0) is 27.6. The number of hydrogen-bond acceptors (Lipinski definition) is 8. The maximum atomic E-state index is 12.6. The Balaban J connectivity index is 1.48. The predicted octanol–water partition coefficient (Wildman–Crippen LogP) is 5.62. The van der Waals surface area contributed by atoms with Gasteiger partial charge in [0.2, 0.25) is 11.8 Å². The third-order valence-corrected chi connectivity index (χ3v) is 9.32. The van der Waals surface area contributed by atoms with Crippen LogP contribution in [0.2, 0.25) is 0 Å². The van der Waals surface area contributed by atoms with E-state index < -0.39 is 5.97 Å². The molecule has 2 aromatic heterocycles. The molecule has 2 atom stereocenters. The Bertz CT molecular complexity index is 1320. The molecule has 0 bridgehead atoms. The lowest BCUT2D eigenvalue weighted by Crippen LogP contribution is -2.41. The summed E-state index contributed by atoms with van der Waals surface area (Å²) in [5, 5.41) is 3.69. The Hall–Kier alpha value is -3.20. The lowest BCUT2D eigenvalue weighted by Gasteiger charge is -2.37. The van der Waals surface area contributed by atoms with Crippen molar-refractivity contribution in [2.45, 2.75) is 77.4 Å². The number of carbonyl (C=O) groups is 1. The molecule has 6 rings (SSSR count). The van der Waals surface area contributed by atoms with Crippen LogP contribution in [0, 0.1) is 17.8 Å². The maximum Gasteiger partial charge on any atom is 0.376 e. The number of hydrogen-bond donors (Lipinski definition) is 1. The van der Waals surface area contributed by atoms with Crippen LogP contribution in [0.3, 0.4) is 0 Å². The van der Waals surface area contributed by atoms with E-state index in [9.17, 15) is 4.79 Å². The van der Waals surface area contributed by atoms with Gasteiger partial charge in [-0.1, -0.05) is 56.5 Å². The average molecular weight is 547 g/mol. The highest BCUT2D eigenvalue weighted by Crippen LogP contribution is 2.38. The van der Waals surface area contributed by atoms with Crippen molar-refractivity contribution in [1.82, 2.24) is 19.5 Å². The molecule has 3 aliphatic rings. The van der Waals surface area contributed by atoms with Crippen LogP contribution in [0.1, 0.15) is 81.0 Å². The number of fused-ring (bicyclic) bond motifs is 1. The van der Waals surface area contributed by atoms with E-state index in [1.165, 1.54) is 57.6 Å². The van der Waals surface area contributed by atoms with Crippen LogP contribution < -0.4 is 10.2 Å². The Morgan fingerprint density at radius 3 is 2.58 bits per heavy atom.